The molecule has 0 saturated carbocycles. The molecule has 0 spiro atoms. The lowest BCUT2D eigenvalue weighted by Crippen LogP contribution is -2.27. The van der Waals surface area contributed by atoms with Gasteiger partial charge in [0.05, 0.1) is 18.4 Å². The Bertz CT molecular complexity index is 711. The van der Waals surface area contributed by atoms with Crippen molar-refractivity contribution in [3.8, 4) is 0 Å². The summed E-state index contributed by atoms with van der Waals surface area (Å²) in [5, 5.41) is 9.41. The third kappa shape index (κ3) is 3.20. The van der Waals surface area contributed by atoms with Crippen molar-refractivity contribution in [3.05, 3.63) is 53.7 Å². The van der Waals surface area contributed by atoms with E-state index >= 15 is 0 Å². The standard InChI is InChI=1S/C14H16N4O2S/c19-21(20,11-7-13-4-2-1-3-5-13)17-10-6-14(12-17)18-15-8-9-16-18/h1-5,7-9,11,14H,6,10,12H2/b11-7+. The Morgan fingerprint density at radius 3 is 2.57 bits per heavy atom. The molecule has 6 nitrogen and oxygen atoms in total. The molecule has 1 atom stereocenters. The second-order valence-electron chi connectivity index (χ2n) is 4.91. The number of rotatable bonds is 4. The van der Waals surface area contributed by atoms with Crippen LogP contribution in [-0.2, 0) is 10.0 Å². The monoisotopic (exact) mass is 304 g/mol. The smallest absolute Gasteiger partial charge is 0.208 e. The maximum Gasteiger partial charge on any atom is 0.236 e. The van der Waals surface area contributed by atoms with E-state index < -0.39 is 10.0 Å². The Morgan fingerprint density at radius 1 is 1.14 bits per heavy atom. The van der Waals surface area contributed by atoms with Gasteiger partial charge < -0.3 is 0 Å². The molecule has 3 rings (SSSR count). The summed E-state index contributed by atoms with van der Waals surface area (Å²) in [4.78, 5) is 1.58. The lowest BCUT2D eigenvalue weighted by molar-refractivity contribution is 0.405. The summed E-state index contributed by atoms with van der Waals surface area (Å²) in [7, 11) is -3.40. The van der Waals surface area contributed by atoms with Crippen LogP contribution in [0.2, 0.25) is 0 Å². The van der Waals surface area contributed by atoms with Crippen LogP contribution in [0.1, 0.15) is 18.0 Å². The summed E-state index contributed by atoms with van der Waals surface area (Å²) >= 11 is 0. The third-order valence-corrected chi connectivity index (χ3v) is 5.01. The van der Waals surface area contributed by atoms with Gasteiger partial charge in [0.15, 0.2) is 0 Å². The van der Waals surface area contributed by atoms with Crippen LogP contribution >= 0.6 is 0 Å². The normalized spacial score (nSPS) is 20.3. The quantitative estimate of drug-likeness (QED) is 0.859. The molecule has 2 heterocycles. The van der Waals surface area contributed by atoms with Gasteiger partial charge in [0, 0.05) is 18.5 Å². The Labute approximate surface area is 123 Å². The first-order chi connectivity index (χ1) is 10.1. The van der Waals surface area contributed by atoms with E-state index in [2.05, 4.69) is 10.2 Å². The highest BCUT2D eigenvalue weighted by atomic mass is 32.2. The molecule has 0 N–H and O–H groups in total. The zero-order chi connectivity index (χ0) is 14.7. The second kappa shape index (κ2) is 5.79. The molecule has 1 saturated heterocycles. The minimum Gasteiger partial charge on any atom is -0.208 e. The van der Waals surface area contributed by atoms with Crippen LogP contribution < -0.4 is 0 Å². The van der Waals surface area contributed by atoms with Gasteiger partial charge in [-0.25, -0.2) is 8.42 Å². The maximum atomic E-state index is 12.3. The van der Waals surface area contributed by atoms with Gasteiger partial charge in [-0.05, 0) is 18.1 Å². The summed E-state index contributed by atoms with van der Waals surface area (Å²) in [5.74, 6) is 0. The first kappa shape index (κ1) is 14.0. The van der Waals surface area contributed by atoms with E-state index in [1.165, 1.54) is 9.71 Å². The number of aromatic nitrogens is 3. The van der Waals surface area contributed by atoms with E-state index in [4.69, 9.17) is 0 Å². The van der Waals surface area contributed by atoms with Crippen molar-refractivity contribution in [1.29, 1.82) is 0 Å². The molecule has 1 unspecified atom stereocenters. The van der Waals surface area contributed by atoms with Crippen LogP contribution in [0.25, 0.3) is 6.08 Å². The molecule has 1 fully saturated rings. The van der Waals surface area contributed by atoms with Crippen LogP contribution in [0, 0.1) is 0 Å². The van der Waals surface area contributed by atoms with Gasteiger partial charge in [-0.2, -0.15) is 19.3 Å². The predicted octanol–water partition coefficient (Wildman–Crippen LogP) is 1.53. The molecule has 0 aliphatic carbocycles. The van der Waals surface area contributed by atoms with Crippen LogP contribution in [-0.4, -0.2) is 40.8 Å². The fourth-order valence-corrected chi connectivity index (χ4v) is 3.60. The zero-order valence-electron chi connectivity index (χ0n) is 11.4. The van der Waals surface area contributed by atoms with E-state index in [1.807, 2.05) is 30.3 Å². The molecular formula is C14H16N4O2S. The van der Waals surface area contributed by atoms with E-state index in [0.29, 0.717) is 13.1 Å². The molecule has 1 aromatic heterocycles. The van der Waals surface area contributed by atoms with E-state index in [1.54, 1.807) is 23.3 Å². The van der Waals surface area contributed by atoms with Gasteiger partial charge >= 0.3 is 0 Å². The van der Waals surface area contributed by atoms with Crippen LogP contribution in [0.4, 0.5) is 0 Å². The summed E-state index contributed by atoms with van der Waals surface area (Å²) in [6.07, 6.45) is 5.56. The van der Waals surface area contributed by atoms with Crippen molar-refractivity contribution in [1.82, 2.24) is 19.3 Å². The summed E-state index contributed by atoms with van der Waals surface area (Å²) < 4.78 is 26.1. The fourth-order valence-electron chi connectivity index (χ4n) is 2.36. The molecule has 2 aromatic rings. The van der Waals surface area contributed by atoms with E-state index in [0.717, 1.165) is 12.0 Å². The molecule has 0 bridgehead atoms. The first-order valence-corrected chi connectivity index (χ1v) is 8.24. The highest BCUT2D eigenvalue weighted by molar-refractivity contribution is 7.92. The Hall–Kier alpha value is -1.99. The molecule has 0 amide bonds. The van der Waals surface area contributed by atoms with Crippen molar-refractivity contribution >= 4 is 16.1 Å². The number of hydrogen-bond donors (Lipinski definition) is 0. The van der Waals surface area contributed by atoms with Crippen molar-refractivity contribution in [2.75, 3.05) is 13.1 Å². The fraction of sp³-hybridized carbons (Fsp3) is 0.286. The zero-order valence-corrected chi connectivity index (χ0v) is 12.2. The molecule has 1 aliphatic heterocycles. The maximum absolute atomic E-state index is 12.3. The number of hydrogen-bond acceptors (Lipinski definition) is 4. The second-order valence-corrected chi connectivity index (χ2v) is 6.73. The summed E-state index contributed by atoms with van der Waals surface area (Å²) in [5.41, 5.74) is 0.866. The third-order valence-electron chi connectivity index (χ3n) is 3.48. The topological polar surface area (TPSA) is 68.1 Å². The molecule has 7 heteroatoms. The van der Waals surface area contributed by atoms with Gasteiger partial charge in [-0.15, -0.1) is 0 Å². The van der Waals surface area contributed by atoms with E-state index in [9.17, 15) is 8.42 Å². The summed E-state index contributed by atoms with van der Waals surface area (Å²) in [6, 6.07) is 9.40. The lowest BCUT2D eigenvalue weighted by Gasteiger charge is -2.13. The molecule has 1 aliphatic rings. The molecular weight excluding hydrogens is 288 g/mol. The van der Waals surface area contributed by atoms with Gasteiger partial charge in [-0.3, -0.25) is 0 Å². The van der Waals surface area contributed by atoms with Crippen molar-refractivity contribution in [2.45, 2.75) is 12.5 Å². The van der Waals surface area contributed by atoms with Crippen LogP contribution in [0.3, 0.4) is 0 Å². The summed E-state index contributed by atoms with van der Waals surface area (Å²) in [6.45, 7) is 0.907. The highest BCUT2D eigenvalue weighted by Crippen LogP contribution is 2.23. The lowest BCUT2D eigenvalue weighted by atomic mass is 10.2. The minimum absolute atomic E-state index is 0.0138. The predicted molar refractivity (Wildman–Crippen MR) is 79.6 cm³/mol. The number of sulfonamides is 1. The SMILES string of the molecule is O=S(=O)(/C=C/c1ccccc1)N1CCC(n2nccn2)C1. The van der Waals surface area contributed by atoms with Gasteiger partial charge in [0.1, 0.15) is 0 Å². The van der Waals surface area contributed by atoms with E-state index in [-0.39, 0.29) is 6.04 Å². The van der Waals surface area contributed by atoms with Crippen molar-refractivity contribution in [2.24, 2.45) is 0 Å². The average molecular weight is 304 g/mol. The first-order valence-electron chi connectivity index (χ1n) is 6.74. The average Bonchev–Trinajstić information content (AvgIpc) is 3.17. The van der Waals surface area contributed by atoms with Crippen LogP contribution in [0.5, 0.6) is 0 Å². The van der Waals surface area contributed by atoms with Gasteiger partial charge in [-0.1, -0.05) is 30.3 Å². The molecule has 21 heavy (non-hydrogen) atoms. The minimum atomic E-state index is -3.40. The molecule has 110 valence electrons. The highest BCUT2D eigenvalue weighted by Gasteiger charge is 2.31. The Kier molecular flexibility index (Phi) is 3.85. The van der Waals surface area contributed by atoms with Crippen molar-refractivity contribution < 1.29 is 8.42 Å². The van der Waals surface area contributed by atoms with Gasteiger partial charge in [0.2, 0.25) is 10.0 Å². The molecule has 0 radical (unpaired) electrons. The Balaban J connectivity index is 1.70. The van der Waals surface area contributed by atoms with Crippen LogP contribution in [0.15, 0.2) is 48.1 Å². The number of benzene rings is 1. The molecule has 1 aromatic carbocycles. The number of nitrogens with zero attached hydrogens (tertiary/aromatic N) is 4. The Morgan fingerprint density at radius 2 is 1.86 bits per heavy atom. The van der Waals surface area contributed by atoms with Gasteiger partial charge in [0.25, 0.3) is 0 Å². The van der Waals surface area contributed by atoms with Crippen molar-refractivity contribution in [3.63, 3.8) is 0 Å². The largest absolute Gasteiger partial charge is 0.236 e.